The van der Waals surface area contributed by atoms with Crippen LogP contribution in [0.5, 0.6) is 0 Å². The Hall–Kier alpha value is -3.00. The predicted molar refractivity (Wildman–Crippen MR) is 104 cm³/mol. The summed E-state index contributed by atoms with van der Waals surface area (Å²) < 4.78 is 3.68. The molecule has 0 aliphatic carbocycles. The van der Waals surface area contributed by atoms with E-state index in [1.165, 1.54) is 11.3 Å². The lowest BCUT2D eigenvalue weighted by molar-refractivity contribution is 0.0939. The van der Waals surface area contributed by atoms with Gasteiger partial charge in [0.15, 0.2) is 0 Å². The summed E-state index contributed by atoms with van der Waals surface area (Å²) in [5.41, 5.74) is 6.39. The topological polar surface area (TPSA) is 77.1 Å². The molecule has 0 radical (unpaired) electrons. The summed E-state index contributed by atoms with van der Waals surface area (Å²) in [5.74, 6) is -0.121. The van der Waals surface area contributed by atoms with Gasteiger partial charge in [0.05, 0.1) is 30.2 Å². The monoisotopic (exact) mass is 380 g/mol. The molecule has 138 valence electrons. The molecule has 27 heavy (non-hydrogen) atoms. The van der Waals surface area contributed by atoms with Crippen LogP contribution in [0.15, 0.2) is 42.0 Å². The van der Waals surface area contributed by atoms with Crippen LogP contribution < -0.4 is 5.32 Å². The van der Waals surface area contributed by atoms with Gasteiger partial charge in [-0.05, 0) is 44.5 Å². The molecule has 3 aromatic heterocycles. The first-order valence-electron chi connectivity index (χ1n) is 8.69. The number of hydrogen-bond donors (Lipinski definition) is 1. The van der Waals surface area contributed by atoms with E-state index in [0.717, 1.165) is 27.6 Å². The van der Waals surface area contributed by atoms with Crippen molar-refractivity contribution >= 4 is 22.2 Å². The summed E-state index contributed by atoms with van der Waals surface area (Å²) in [6.07, 6.45) is 1.84. The van der Waals surface area contributed by atoms with E-state index in [1.54, 1.807) is 10.0 Å². The average molecular weight is 380 g/mol. The van der Waals surface area contributed by atoms with Crippen LogP contribution in [0.4, 0.5) is 0 Å². The van der Waals surface area contributed by atoms with Crippen molar-refractivity contribution in [3.8, 4) is 0 Å². The fourth-order valence-electron chi connectivity index (χ4n) is 2.99. The Morgan fingerprint density at radius 2 is 2.04 bits per heavy atom. The summed E-state index contributed by atoms with van der Waals surface area (Å²) in [5, 5.41) is 11.6. The first-order valence-corrected chi connectivity index (χ1v) is 9.57. The largest absolute Gasteiger partial charge is 0.344 e. The molecule has 0 saturated carbocycles. The van der Waals surface area contributed by atoms with Gasteiger partial charge in [-0.2, -0.15) is 10.2 Å². The van der Waals surface area contributed by atoms with Crippen LogP contribution in [0.3, 0.4) is 0 Å². The minimum Gasteiger partial charge on any atom is -0.344 e. The molecule has 0 saturated heterocycles. The van der Waals surface area contributed by atoms with Crippen molar-refractivity contribution in [1.82, 2.24) is 29.7 Å². The van der Waals surface area contributed by atoms with E-state index in [0.29, 0.717) is 12.1 Å². The summed E-state index contributed by atoms with van der Waals surface area (Å²) in [6.45, 7) is 6.63. The minimum atomic E-state index is -0.194. The molecule has 1 atom stereocenters. The smallest absolute Gasteiger partial charge is 0.251 e. The van der Waals surface area contributed by atoms with Crippen molar-refractivity contribution in [2.24, 2.45) is 0 Å². The summed E-state index contributed by atoms with van der Waals surface area (Å²) >= 11 is 1.47. The van der Waals surface area contributed by atoms with Crippen molar-refractivity contribution in [3.05, 3.63) is 70.2 Å². The first kappa shape index (κ1) is 17.4. The molecule has 7 nitrogen and oxygen atoms in total. The third-order valence-electron chi connectivity index (χ3n) is 4.45. The molecule has 0 aliphatic heterocycles. The fraction of sp³-hybridized carbons (Fsp3) is 0.263. The zero-order valence-electron chi connectivity index (χ0n) is 15.4. The molecule has 3 heterocycles. The number of rotatable bonds is 5. The second-order valence-corrected chi connectivity index (χ2v) is 7.42. The number of aromatic nitrogens is 5. The maximum atomic E-state index is 12.5. The number of nitrogens with zero attached hydrogens (tertiary/aromatic N) is 5. The maximum absolute atomic E-state index is 12.5. The van der Waals surface area contributed by atoms with Crippen LogP contribution in [-0.4, -0.2) is 30.3 Å². The Morgan fingerprint density at radius 3 is 2.70 bits per heavy atom. The quantitative estimate of drug-likeness (QED) is 0.577. The minimum absolute atomic E-state index is 0.121. The highest BCUT2D eigenvalue weighted by molar-refractivity contribution is 7.14. The lowest BCUT2D eigenvalue weighted by Crippen LogP contribution is -2.26. The standard InChI is InChI=1S/C19H20N6OS/c1-12-8-13(2)24(23-12)9-15-4-6-16(7-5-15)18(26)21-14(3)17-10-25-19(22-17)27-11-20-25/h4-8,10-11,14H,9H2,1-3H3,(H,21,26)/t14-/m0/s1. The molecule has 0 bridgehead atoms. The van der Waals surface area contributed by atoms with Gasteiger partial charge in [-0.1, -0.05) is 23.5 Å². The van der Waals surface area contributed by atoms with Crippen LogP contribution in [0, 0.1) is 13.8 Å². The second kappa shape index (κ2) is 6.96. The zero-order chi connectivity index (χ0) is 19.0. The van der Waals surface area contributed by atoms with Crippen LogP contribution >= 0.6 is 11.3 Å². The molecule has 1 amide bonds. The van der Waals surface area contributed by atoms with Crippen molar-refractivity contribution in [2.75, 3.05) is 0 Å². The second-order valence-electron chi connectivity index (χ2n) is 6.61. The highest BCUT2D eigenvalue weighted by atomic mass is 32.1. The number of fused-ring (bicyclic) bond motifs is 1. The van der Waals surface area contributed by atoms with Gasteiger partial charge >= 0.3 is 0 Å². The van der Waals surface area contributed by atoms with E-state index in [2.05, 4.69) is 26.6 Å². The summed E-state index contributed by atoms with van der Waals surface area (Å²) in [6, 6.07) is 9.48. The molecule has 0 unspecified atom stereocenters. The number of carbonyl (C=O) groups excluding carboxylic acids is 1. The number of benzene rings is 1. The molecule has 8 heteroatoms. The van der Waals surface area contributed by atoms with Crippen molar-refractivity contribution in [3.63, 3.8) is 0 Å². The highest BCUT2D eigenvalue weighted by Crippen LogP contribution is 2.16. The van der Waals surface area contributed by atoms with Gasteiger partial charge in [-0.15, -0.1) is 0 Å². The Kier molecular flexibility index (Phi) is 4.49. The molecule has 4 rings (SSSR count). The highest BCUT2D eigenvalue weighted by Gasteiger charge is 2.15. The van der Waals surface area contributed by atoms with Crippen LogP contribution in [0.2, 0.25) is 0 Å². The van der Waals surface area contributed by atoms with E-state index in [-0.39, 0.29) is 11.9 Å². The molecule has 0 fully saturated rings. The number of imidazole rings is 1. The lowest BCUT2D eigenvalue weighted by Gasteiger charge is -2.12. The van der Waals surface area contributed by atoms with Crippen molar-refractivity contribution < 1.29 is 4.79 Å². The number of amides is 1. The maximum Gasteiger partial charge on any atom is 0.251 e. The van der Waals surface area contributed by atoms with Gasteiger partial charge < -0.3 is 5.32 Å². The third-order valence-corrected chi connectivity index (χ3v) is 5.14. The van der Waals surface area contributed by atoms with Crippen LogP contribution in [0.1, 0.15) is 46.0 Å². The molecule has 0 spiro atoms. The van der Waals surface area contributed by atoms with Gasteiger partial charge in [0.25, 0.3) is 5.91 Å². The van der Waals surface area contributed by atoms with Crippen LogP contribution in [0.25, 0.3) is 4.96 Å². The van der Waals surface area contributed by atoms with Crippen molar-refractivity contribution in [2.45, 2.75) is 33.4 Å². The number of carbonyl (C=O) groups is 1. The number of aryl methyl sites for hydroxylation is 2. The van der Waals surface area contributed by atoms with Gasteiger partial charge in [0.2, 0.25) is 4.96 Å². The Balaban J connectivity index is 1.42. The third kappa shape index (κ3) is 3.61. The first-order chi connectivity index (χ1) is 13.0. The van der Waals surface area contributed by atoms with E-state index < -0.39 is 0 Å². The number of hydrogen-bond acceptors (Lipinski definition) is 5. The fourth-order valence-corrected chi connectivity index (χ4v) is 3.60. The van der Waals surface area contributed by atoms with Gasteiger partial charge in [0, 0.05) is 11.3 Å². The molecular formula is C19H20N6OS. The van der Waals surface area contributed by atoms with Crippen molar-refractivity contribution in [1.29, 1.82) is 0 Å². The zero-order valence-corrected chi connectivity index (χ0v) is 16.2. The van der Waals surface area contributed by atoms with Gasteiger partial charge in [-0.25, -0.2) is 9.50 Å². The Morgan fingerprint density at radius 1 is 1.26 bits per heavy atom. The van der Waals surface area contributed by atoms with Crippen LogP contribution in [-0.2, 0) is 6.54 Å². The SMILES string of the molecule is Cc1cc(C)n(Cc2ccc(C(=O)N[C@@H](C)c3cn4ncsc4n3)cc2)n1. The molecular weight excluding hydrogens is 360 g/mol. The van der Waals surface area contributed by atoms with Gasteiger partial charge in [0.1, 0.15) is 5.51 Å². The Bertz CT molecular complexity index is 1060. The lowest BCUT2D eigenvalue weighted by atomic mass is 10.1. The molecule has 0 aliphatic rings. The Labute approximate surface area is 160 Å². The van der Waals surface area contributed by atoms with Gasteiger partial charge in [-0.3, -0.25) is 9.48 Å². The van der Waals surface area contributed by atoms with E-state index in [1.807, 2.05) is 55.9 Å². The van der Waals surface area contributed by atoms with E-state index in [9.17, 15) is 4.79 Å². The average Bonchev–Trinajstić information content (AvgIpc) is 3.30. The predicted octanol–water partition coefficient (Wildman–Crippen LogP) is 3.14. The molecule has 1 aromatic carbocycles. The number of nitrogens with one attached hydrogen (secondary N) is 1. The summed E-state index contributed by atoms with van der Waals surface area (Å²) in [7, 11) is 0. The van der Waals surface area contributed by atoms with E-state index in [4.69, 9.17) is 0 Å². The molecule has 1 N–H and O–H groups in total. The molecule has 4 aromatic rings. The summed E-state index contributed by atoms with van der Waals surface area (Å²) in [4.78, 5) is 17.8. The van der Waals surface area contributed by atoms with E-state index >= 15 is 0 Å². The normalized spacial score (nSPS) is 12.4.